The standard InChI is InChI=1S/C10H12ClNO2S.CH2O2/c1-3-7-5-8(4-2)10(11)9(6-7)15(12,13)14;2-1-3/h3,5-6H,1,4H2,2H3,(H2,12,13,14);1H,(H,2,3). The molecule has 0 aliphatic rings. The zero-order valence-electron chi connectivity index (χ0n) is 9.76. The topological polar surface area (TPSA) is 97.5 Å². The first-order chi connectivity index (χ1) is 8.31. The van der Waals surface area contributed by atoms with Crippen molar-refractivity contribution in [2.45, 2.75) is 18.2 Å². The zero-order chi connectivity index (χ0) is 14.3. The highest BCUT2D eigenvalue weighted by Crippen LogP contribution is 2.27. The van der Waals surface area contributed by atoms with E-state index in [0.29, 0.717) is 12.0 Å². The number of hydrogen-bond donors (Lipinski definition) is 2. The van der Waals surface area contributed by atoms with Gasteiger partial charge in [-0.15, -0.1) is 0 Å². The van der Waals surface area contributed by atoms with Crippen LogP contribution in [0.1, 0.15) is 18.1 Å². The van der Waals surface area contributed by atoms with Gasteiger partial charge < -0.3 is 5.11 Å². The van der Waals surface area contributed by atoms with Gasteiger partial charge in [-0.05, 0) is 23.6 Å². The second-order valence-electron chi connectivity index (χ2n) is 3.20. The Morgan fingerprint density at radius 2 is 2.00 bits per heavy atom. The summed E-state index contributed by atoms with van der Waals surface area (Å²) in [4.78, 5) is 8.32. The highest BCUT2D eigenvalue weighted by molar-refractivity contribution is 7.89. The summed E-state index contributed by atoms with van der Waals surface area (Å²) < 4.78 is 22.5. The minimum Gasteiger partial charge on any atom is -0.483 e. The lowest BCUT2D eigenvalue weighted by Gasteiger charge is -2.08. The lowest BCUT2D eigenvalue weighted by atomic mass is 10.1. The Labute approximate surface area is 111 Å². The Kier molecular flexibility index (Phi) is 6.61. The van der Waals surface area contributed by atoms with E-state index in [1.165, 1.54) is 6.07 Å². The molecule has 0 aliphatic carbocycles. The molecular formula is C11H14ClNO4S. The molecule has 1 aromatic rings. The van der Waals surface area contributed by atoms with Crippen molar-refractivity contribution in [3.63, 3.8) is 0 Å². The number of carbonyl (C=O) groups is 1. The van der Waals surface area contributed by atoms with Crippen molar-refractivity contribution in [3.8, 4) is 0 Å². The van der Waals surface area contributed by atoms with Gasteiger partial charge in [0.2, 0.25) is 10.0 Å². The number of hydrogen-bond acceptors (Lipinski definition) is 3. The highest BCUT2D eigenvalue weighted by atomic mass is 35.5. The van der Waals surface area contributed by atoms with Crippen molar-refractivity contribution in [1.82, 2.24) is 0 Å². The van der Waals surface area contributed by atoms with Crippen LogP contribution in [0.2, 0.25) is 5.02 Å². The van der Waals surface area contributed by atoms with Gasteiger partial charge in [-0.1, -0.05) is 37.2 Å². The van der Waals surface area contributed by atoms with E-state index >= 15 is 0 Å². The van der Waals surface area contributed by atoms with Crippen molar-refractivity contribution in [3.05, 3.63) is 34.9 Å². The fourth-order valence-corrected chi connectivity index (χ4v) is 2.51. The molecule has 0 saturated carbocycles. The molecule has 0 aromatic heterocycles. The summed E-state index contributed by atoms with van der Waals surface area (Å²) in [7, 11) is -3.78. The summed E-state index contributed by atoms with van der Waals surface area (Å²) in [6, 6.07) is 3.22. The van der Waals surface area contributed by atoms with Gasteiger partial charge in [0.25, 0.3) is 6.47 Å². The molecule has 5 nitrogen and oxygen atoms in total. The number of primary sulfonamides is 1. The first-order valence-electron chi connectivity index (χ1n) is 4.87. The molecule has 0 radical (unpaired) electrons. The first kappa shape index (κ1) is 16.6. The third-order valence-electron chi connectivity index (χ3n) is 2.06. The molecule has 1 aromatic carbocycles. The molecule has 3 N–H and O–H groups in total. The fraction of sp³-hybridized carbons (Fsp3) is 0.182. The molecule has 0 bridgehead atoms. The number of sulfonamides is 1. The van der Waals surface area contributed by atoms with E-state index in [9.17, 15) is 8.42 Å². The van der Waals surface area contributed by atoms with Crippen LogP contribution in [-0.4, -0.2) is 20.0 Å². The van der Waals surface area contributed by atoms with Crippen molar-refractivity contribution < 1.29 is 18.3 Å². The quantitative estimate of drug-likeness (QED) is 0.831. The van der Waals surface area contributed by atoms with E-state index in [-0.39, 0.29) is 16.4 Å². The van der Waals surface area contributed by atoms with E-state index in [4.69, 9.17) is 26.6 Å². The molecule has 0 saturated heterocycles. The zero-order valence-corrected chi connectivity index (χ0v) is 11.3. The average Bonchev–Trinajstić information content (AvgIpc) is 2.29. The maximum absolute atomic E-state index is 11.2. The predicted molar refractivity (Wildman–Crippen MR) is 71.0 cm³/mol. The van der Waals surface area contributed by atoms with Gasteiger partial charge >= 0.3 is 0 Å². The van der Waals surface area contributed by atoms with Crippen molar-refractivity contribution in [1.29, 1.82) is 0 Å². The van der Waals surface area contributed by atoms with E-state index < -0.39 is 10.0 Å². The smallest absolute Gasteiger partial charge is 0.290 e. The molecule has 100 valence electrons. The van der Waals surface area contributed by atoms with Gasteiger partial charge in [0, 0.05) is 0 Å². The van der Waals surface area contributed by atoms with Gasteiger partial charge in [-0.2, -0.15) is 0 Å². The number of nitrogens with two attached hydrogens (primary N) is 1. The molecule has 0 atom stereocenters. The Morgan fingerprint density at radius 1 is 1.50 bits per heavy atom. The molecule has 0 fully saturated rings. The molecule has 7 heteroatoms. The normalized spacial score (nSPS) is 10.2. The SMILES string of the molecule is C=Cc1cc(CC)c(Cl)c(S(N)(=O)=O)c1.O=CO. The molecule has 0 amide bonds. The molecular weight excluding hydrogens is 278 g/mol. The maximum atomic E-state index is 11.2. The van der Waals surface area contributed by atoms with Gasteiger partial charge in [0.1, 0.15) is 4.90 Å². The largest absolute Gasteiger partial charge is 0.483 e. The highest BCUT2D eigenvalue weighted by Gasteiger charge is 2.16. The van der Waals surface area contributed by atoms with E-state index in [0.717, 1.165) is 5.56 Å². The molecule has 0 heterocycles. The summed E-state index contributed by atoms with van der Waals surface area (Å²) in [6.45, 7) is 5.22. The molecule has 0 unspecified atom stereocenters. The summed E-state index contributed by atoms with van der Waals surface area (Å²) in [5, 5.41) is 12.1. The summed E-state index contributed by atoms with van der Waals surface area (Å²) >= 11 is 5.93. The lowest BCUT2D eigenvalue weighted by Crippen LogP contribution is -2.13. The molecule has 0 aliphatic heterocycles. The fourth-order valence-electron chi connectivity index (χ4n) is 1.26. The summed E-state index contributed by atoms with van der Waals surface area (Å²) in [6.07, 6.45) is 2.20. The number of benzene rings is 1. The van der Waals surface area contributed by atoms with Gasteiger partial charge in [0.15, 0.2) is 0 Å². The number of aryl methyl sites for hydroxylation is 1. The third-order valence-corrected chi connectivity index (χ3v) is 3.55. The van der Waals surface area contributed by atoms with Crippen LogP contribution in [-0.2, 0) is 21.2 Å². The molecule has 18 heavy (non-hydrogen) atoms. The summed E-state index contributed by atoms with van der Waals surface area (Å²) in [5.41, 5.74) is 1.44. The second-order valence-corrected chi connectivity index (χ2v) is 5.11. The van der Waals surface area contributed by atoms with Crippen molar-refractivity contribution in [2.24, 2.45) is 5.14 Å². The third kappa shape index (κ3) is 4.48. The molecule has 1 rings (SSSR count). The van der Waals surface area contributed by atoms with E-state index in [1.807, 2.05) is 6.92 Å². The van der Waals surface area contributed by atoms with Crippen LogP contribution in [0.25, 0.3) is 6.08 Å². The van der Waals surface area contributed by atoms with Crippen LogP contribution in [0.4, 0.5) is 0 Å². The maximum Gasteiger partial charge on any atom is 0.290 e. The van der Waals surface area contributed by atoms with Crippen LogP contribution in [0.15, 0.2) is 23.6 Å². The minimum atomic E-state index is -3.78. The molecule has 0 spiro atoms. The number of halogens is 1. The predicted octanol–water partition coefficient (Wildman–Crippen LogP) is 1.89. The van der Waals surface area contributed by atoms with E-state index in [2.05, 4.69) is 6.58 Å². The van der Waals surface area contributed by atoms with Crippen LogP contribution < -0.4 is 5.14 Å². The Balaban J connectivity index is 0.000000873. The van der Waals surface area contributed by atoms with E-state index in [1.54, 1.807) is 12.1 Å². The van der Waals surface area contributed by atoms with Gasteiger partial charge in [-0.3, -0.25) is 4.79 Å². The van der Waals surface area contributed by atoms with Gasteiger partial charge in [-0.25, -0.2) is 13.6 Å². The lowest BCUT2D eigenvalue weighted by molar-refractivity contribution is -0.122. The van der Waals surface area contributed by atoms with Crippen LogP contribution >= 0.6 is 11.6 Å². The minimum absolute atomic E-state index is 0.0431. The average molecular weight is 292 g/mol. The summed E-state index contributed by atoms with van der Waals surface area (Å²) in [5.74, 6) is 0. The van der Waals surface area contributed by atoms with Crippen molar-refractivity contribution >= 4 is 34.2 Å². The van der Waals surface area contributed by atoms with Gasteiger partial charge in [0.05, 0.1) is 5.02 Å². The Morgan fingerprint density at radius 3 is 2.33 bits per heavy atom. The van der Waals surface area contributed by atoms with Crippen molar-refractivity contribution in [2.75, 3.05) is 0 Å². The Bertz CT molecular complexity index is 540. The second kappa shape index (κ2) is 7.15. The Hall–Kier alpha value is -1.37. The monoisotopic (exact) mass is 291 g/mol. The van der Waals surface area contributed by atoms with Crippen LogP contribution in [0.5, 0.6) is 0 Å². The van der Waals surface area contributed by atoms with Crippen LogP contribution in [0.3, 0.4) is 0 Å². The first-order valence-corrected chi connectivity index (χ1v) is 6.79. The number of carboxylic acid groups (broad SMARTS) is 1. The van der Waals surface area contributed by atoms with Crippen LogP contribution in [0, 0.1) is 0 Å². The number of rotatable bonds is 3.